The monoisotopic (exact) mass is 527 g/mol. The first-order valence-corrected chi connectivity index (χ1v) is 12.1. The Balaban J connectivity index is 1.82. The minimum Gasteiger partial charge on any atom is -0.467 e. The third-order valence-electron chi connectivity index (χ3n) is 6.46. The van der Waals surface area contributed by atoms with Gasteiger partial charge in [-0.2, -0.15) is 0 Å². The topological polar surface area (TPSA) is 76.3 Å². The zero-order valence-electron chi connectivity index (χ0n) is 19.8. The lowest BCUT2D eigenvalue weighted by Crippen LogP contribution is -2.45. The predicted octanol–water partition coefficient (Wildman–Crippen LogP) is 4.84. The van der Waals surface area contributed by atoms with Crippen LogP contribution in [0.3, 0.4) is 0 Å². The number of hydrogen-bond donors (Lipinski definition) is 1. The molecule has 1 aliphatic rings. The van der Waals surface area contributed by atoms with Crippen LogP contribution in [0.5, 0.6) is 0 Å². The summed E-state index contributed by atoms with van der Waals surface area (Å²) in [5.41, 5.74) is 3.60. The Kier molecular flexibility index (Phi) is 7.12. The summed E-state index contributed by atoms with van der Waals surface area (Å²) in [4.78, 5) is 19.4. The van der Waals surface area contributed by atoms with Crippen LogP contribution in [0.15, 0.2) is 53.7 Å². The lowest BCUT2D eigenvalue weighted by atomic mass is 9.92. The van der Waals surface area contributed by atoms with Crippen LogP contribution in [0.4, 0.5) is 5.82 Å². The maximum absolute atomic E-state index is 12.4. The second-order valence-electron chi connectivity index (χ2n) is 8.89. The number of anilines is 1. The van der Waals surface area contributed by atoms with Gasteiger partial charge in [0.05, 0.1) is 25.0 Å². The number of esters is 1. The number of pyridine rings is 1. The summed E-state index contributed by atoms with van der Waals surface area (Å²) in [6.07, 6.45) is 3.93. The molecule has 1 unspecified atom stereocenters. The first kappa shape index (κ1) is 24.4. The zero-order chi connectivity index (χ0) is 24.5. The van der Waals surface area contributed by atoms with Gasteiger partial charge in [0.25, 0.3) is 0 Å². The van der Waals surface area contributed by atoms with Crippen molar-refractivity contribution in [2.75, 3.05) is 31.7 Å². The molecule has 0 bridgehead atoms. The number of fused-ring (bicyclic) bond motifs is 1. The molecular weight excluding hydrogens is 498 g/mol. The van der Waals surface area contributed by atoms with E-state index in [1.807, 2.05) is 47.9 Å². The first-order valence-electron chi connectivity index (χ1n) is 11.3. The van der Waals surface area contributed by atoms with Gasteiger partial charge < -0.3 is 19.5 Å². The SMILES string of the molecule is C=CCOC1(C)CCN(c2c(C(O)C(=O)OC)c(C)cc3nc(-c4cccc(Br)c4)cn23)CC1. The van der Waals surface area contributed by atoms with Crippen molar-refractivity contribution in [3.63, 3.8) is 0 Å². The van der Waals surface area contributed by atoms with Gasteiger partial charge >= 0.3 is 5.97 Å². The second-order valence-corrected chi connectivity index (χ2v) is 9.81. The normalized spacial score (nSPS) is 16.4. The van der Waals surface area contributed by atoms with Gasteiger partial charge in [-0.1, -0.05) is 34.1 Å². The molecule has 1 N–H and O–H groups in total. The van der Waals surface area contributed by atoms with E-state index in [4.69, 9.17) is 14.5 Å². The number of aryl methyl sites for hydroxylation is 1. The molecule has 3 heterocycles. The lowest BCUT2D eigenvalue weighted by Gasteiger charge is -2.41. The number of imidazole rings is 1. The van der Waals surface area contributed by atoms with E-state index in [2.05, 4.69) is 34.3 Å². The number of benzene rings is 1. The number of carbonyl (C=O) groups is 1. The van der Waals surface area contributed by atoms with Crippen molar-refractivity contribution >= 4 is 33.4 Å². The van der Waals surface area contributed by atoms with E-state index in [0.29, 0.717) is 25.3 Å². The molecule has 0 saturated carbocycles. The van der Waals surface area contributed by atoms with Crippen molar-refractivity contribution < 1.29 is 19.4 Å². The van der Waals surface area contributed by atoms with Crippen LogP contribution in [0.1, 0.15) is 37.0 Å². The number of rotatable bonds is 7. The molecule has 0 amide bonds. The summed E-state index contributed by atoms with van der Waals surface area (Å²) < 4.78 is 13.8. The van der Waals surface area contributed by atoms with Gasteiger partial charge in [-0.05, 0) is 50.5 Å². The fraction of sp³-hybridized carbons (Fsp3) is 0.385. The minimum atomic E-state index is -1.40. The van der Waals surface area contributed by atoms with E-state index in [1.165, 1.54) is 7.11 Å². The molecule has 7 nitrogen and oxygen atoms in total. The average molecular weight is 528 g/mol. The summed E-state index contributed by atoms with van der Waals surface area (Å²) in [6.45, 7) is 9.68. The van der Waals surface area contributed by atoms with Crippen LogP contribution in [-0.4, -0.2) is 52.9 Å². The fourth-order valence-corrected chi connectivity index (χ4v) is 4.92. The summed E-state index contributed by atoms with van der Waals surface area (Å²) in [5, 5.41) is 10.9. The number of halogens is 1. The smallest absolute Gasteiger partial charge is 0.339 e. The number of ether oxygens (including phenoxy) is 2. The molecule has 1 aliphatic heterocycles. The molecule has 1 aromatic carbocycles. The van der Waals surface area contributed by atoms with Gasteiger partial charge in [0.15, 0.2) is 6.10 Å². The molecule has 34 heavy (non-hydrogen) atoms. The highest BCUT2D eigenvalue weighted by atomic mass is 79.9. The highest BCUT2D eigenvalue weighted by molar-refractivity contribution is 9.10. The van der Waals surface area contributed by atoms with Crippen LogP contribution in [0.25, 0.3) is 16.9 Å². The first-order chi connectivity index (χ1) is 16.3. The Hall–Kier alpha value is -2.68. The van der Waals surface area contributed by atoms with Crippen molar-refractivity contribution in [3.8, 4) is 11.3 Å². The summed E-state index contributed by atoms with van der Waals surface area (Å²) in [5.74, 6) is 0.0691. The van der Waals surface area contributed by atoms with Gasteiger partial charge in [0.1, 0.15) is 11.5 Å². The molecule has 1 fully saturated rings. The van der Waals surface area contributed by atoms with Crippen molar-refractivity contribution in [2.45, 2.75) is 38.4 Å². The zero-order valence-corrected chi connectivity index (χ0v) is 21.3. The predicted molar refractivity (Wildman–Crippen MR) is 136 cm³/mol. The molecule has 180 valence electrons. The van der Waals surface area contributed by atoms with Gasteiger partial charge in [0.2, 0.25) is 0 Å². The van der Waals surface area contributed by atoms with E-state index in [9.17, 15) is 9.90 Å². The van der Waals surface area contributed by atoms with E-state index in [-0.39, 0.29) is 5.60 Å². The lowest BCUT2D eigenvalue weighted by molar-refractivity contribution is -0.150. The molecule has 1 saturated heterocycles. The number of aliphatic hydroxyl groups is 1. The maximum Gasteiger partial charge on any atom is 0.339 e. The second kappa shape index (κ2) is 9.90. The number of carbonyl (C=O) groups excluding carboxylic acids is 1. The molecule has 0 aliphatic carbocycles. The third kappa shape index (κ3) is 4.76. The van der Waals surface area contributed by atoms with Gasteiger partial charge in [0, 0.05) is 34.9 Å². The standard InChI is InChI=1S/C26H30BrN3O4/c1-5-13-34-26(3)9-11-29(12-10-26)24-22(23(31)25(32)33-4)17(2)14-21-28-20(16-30(21)24)18-7-6-8-19(27)15-18/h5-8,14-16,23,31H,1,9-13H2,2-4H3. The summed E-state index contributed by atoms with van der Waals surface area (Å²) in [6, 6.07) is 9.86. The highest BCUT2D eigenvalue weighted by Crippen LogP contribution is 2.37. The molecule has 2 aromatic heterocycles. The van der Waals surface area contributed by atoms with E-state index < -0.39 is 12.1 Å². The van der Waals surface area contributed by atoms with Crippen LogP contribution in [0, 0.1) is 6.92 Å². The average Bonchev–Trinajstić information content (AvgIpc) is 3.25. The quantitative estimate of drug-likeness (QED) is 0.350. The van der Waals surface area contributed by atoms with E-state index in [1.54, 1.807) is 6.08 Å². The number of hydrogen-bond acceptors (Lipinski definition) is 6. The Bertz CT molecular complexity index is 1210. The highest BCUT2D eigenvalue weighted by Gasteiger charge is 2.35. The van der Waals surface area contributed by atoms with Gasteiger partial charge in [-0.25, -0.2) is 9.78 Å². The van der Waals surface area contributed by atoms with Crippen LogP contribution in [0.2, 0.25) is 0 Å². The summed E-state index contributed by atoms with van der Waals surface area (Å²) >= 11 is 3.53. The molecule has 3 aromatic rings. The molecule has 0 spiro atoms. The Morgan fingerprint density at radius 2 is 2.09 bits per heavy atom. The molecule has 1 atom stereocenters. The Labute approximate surface area is 208 Å². The van der Waals surface area contributed by atoms with Crippen molar-refractivity contribution in [1.82, 2.24) is 9.38 Å². The Morgan fingerprint density at radius 1 is 1.35 bits per heavy atom. The maximum atomic E-state index is 12.4. The molecule has 0 radical (unpaired) electrons. The van der Waals surface area contributed by atoms with Gasteiger partial charge in [-0.3, -0.25) is 4.40 Å². The van der Waals surface area contributed by atoms with Crippen molar-refractivity contribution in [1.29, 1.82) is 0 Å². The molecule has 8 heteroatoms. The van der Waals surface area contributed by atoms with Gasteiger partial charge in [-0.15, -0.1) is 6.58 Å². The van der Waals surface area contributed by atoms with Crippen LogP contribution in [-0.2, 0) is 14.3 Å². The number of nitrogens with zero attached hydrogens (tertiary/aromatic N) is 3. The number of methoxy groups -OCH3 is 1. The number of aliphatic hydroxyl groups excluding tert-OH is 1. The van der Waals surface area contributed by atoms with E-state index in [0.717, 1.165) is 45.6 Å². The van der Waals surface area contributed by atoms with Crippen molar-refractivity contribution in [2.24, 2.45) is 0 Å². The van der Waals surface area contributed by atoms with Crippen molar-refractivity contribution in [3.05, 3.63) is 64.8 Å². The van der Waals surface area contributed by atoms with E-state index >= 15 is 0 Å². The largest absolute Gasteiger partial charge is 0.467 e. The summed E-state index contributed by atoms with van der Waals surface area (Å²) in [7, 11) is 1.28. The van der Waals surface area contributed by atoms with Crippen LogP contribution < -0.4 is 4.90 Å². The third-order valence-corrected chi connectivity index (χ3v) is 6.95. The number of aromatic nitrogens is 2. The Morgan fingerprint density at radius 3 is 2.74 bits per heavy atom. The minimum absolute atomic E-state index is 0.245. The van der Waals surface area contributed by atoms with Crippen LogP contribution >= 0.6 is 15.9 Å². The molecule has 4 rings (SSSR count). The number of piperidine rings is 1. The molecular formula is C26H30BrN3O4. The fourth-order valence-electron chi connectivity index (χ4n) is 4.52.